The number of guanidine groups is 1. The van der Waals surface area contributed by atoms with Crippen LogP contribution in [-0.4, -0.2) is 152 Å². The Morgan fingerprint density at radius 2 is 1.45 bits per heavy atom. The molecule has 1 fully saturated rings. The Balaban J connectivity index is 2.29. The van der Waals surface area contributed by atoms with Crippen LogP contribution in [-0.2, 0) is 44.8 Å². The van der Waals surface area contributed by atoms with E-state index in [-0.39, 0.29) is 50.5 Å². The smallest absolute Gasteiger partial charge is 0.325 e. The van der Waals surface area contributed by atoms with Crippen LogP contribution in [0, 0.1) is 0 Å². The van der Waals surface area contributed by atoms with Gasteiger partial charge in [0.05, 0.1) is 12.1 Å². The maximum Gasteiger partial charge on any atom is 0.325 e. The first kappa shape index (κ1) is 50.5. The van der Waals surface area contributed by atoms with Crippen LogP contribution in [0.15, 0.2) is 29.3 Å². The predicted octanol–water partition coefficient (Wildman–Crippen LogP) is -3.17. The van der Waals surface area contributed by atoms with Crippen molar-refractivity contribution in [2.45, 2.75) is 114 Å². The summed E-state index contributed by atoms with van der Waals surface area (Å²) in [5.41, 5.74) is 17.2. The van der Waals surface area contributed by atoms with Gasteiger partial charge in [0.25, 0.3) is 0 Å². The van der Waals surface area contributed by atoms with Gasteiger partial charge in [0.15, 0.2) is 5.96 Å². The molecule has 1 saturated heterocycles. The number of hydrogen-bond acceptors (Lipinski definition) is 13. The summed E-state index contributed by atoms with van der Waals surface area (Å²) in [6.45, 7) is 2.68. The average molecular weight is 867 g/mol. The summed E-state index contributed by atoms with van der Waals surface area (Å²) in [5.74, 6) is -7.42. The van der Waals surface area contributed by atoms with E-state index in [0.29, 0.717) is 24.2 Å². The fourth-order valence-electron chi connectivity index (χ4n) is 6.09. The number of aliphatic carboxylic acids is 2. The molecule has 2 rings (SSSR count). The molecule has 0 spiro atoms. The predicted molar refractivity (Wildman–Crippen MR) is 219 cm³/mol. The number of carboxylic acids is 2. The molecule has 8 atom stereocenters. The lowest BCUT2D eigenvalue weighted by Crippen LogP contribution is -2.61. The van der Waals surface area contributed by atoms with Crippen LogP contribution >= 0.6 is 11.8 Å². The number of carbonyl (C=O) groups excluding carboxylic acids is 6. The summed E-state index contributed by atoms with van der Waals surface area (Å²) in [6, 6.07) is -3.49. The van der Waals surface area contributed by atoms with Gasteiger partial charge >= 0.3 is 11.9 Å². The van der Waals surface area contributed by atoms with Crippen molar-refractivity contribution in [2.75, 3.05) is 25.1 Å². The van der Waals surface area contributed by atoms with E-state index in [1.54, 1.807) is 6.26 Å². The number of aliphatic imine (C=N–C) groups is 1. The molecule has 0 radical (unpaired) electrons. The number of phenols is 1. The third-order valence-corrected chi connectivity index (χ3v) is 10.1. The Hall–Kier alpha value is -5.68. The number of phenolic OH excluding ortho intramolecular Hbond substituents is 1. The van der Waals surface area contributed by atoms with Gasteiger partial charge in [-0.25, -0.2) is 0 Å². The van der Waals surface area contributed by atoms with Gasteiger partial charge in [0.1, 0.15) is 42.0 Å². The van der Waals surface area contributed by atoms with Gasteiger partial charge < -0.3 is 69.1 Å². The first-order valence-corrected chi connectivity index (χ1v) is 20.7. The molecule has 1 heterocycles. The normalized spacial score (nSPS) is 17.0. The quantitative estimate of drug-likeness (QED) is 0.0262. The summed E-state index contributed by atoms with van der Waals surface area (Å²) in [7, 11) is 0. The van der Waals surface area contributed by atoms with E-state index >= 15 is 0 Å². The molecule has 1 aliphatic heterocycles. The third-order valence-electron chi connectivity index (χ3n) is 9.45. The van der Waals surface area contributed by atoms with Crippen LogP contribution < -0.4 is 43.8 Å². The average Bonchev–Trinajstić information content (AvgIpc) is 3.68. The largest absolute Gasteiger partial charge is 0.508 e. The fraction of sp³-hybridized carbons (Fsp3) is 0.595. The molecular weight excluding hydrogens is 809 g/mol. The number of nitrogens with zero attached hydrogens (tertiary/aromatic N) is 2. The molecule has 22 nitrogen and oxygen atoms in total. The number of rotatable bonds is 25. The number of amides is 6. The number of likely N-dealkylation sites (tertiary alicyclic amines) is 1. The lowest BCUT2D eigenvalue weighted by Gasteiger charge is -2.32. The van der Waals surface area contributed by atoms with E-state index in [2.05, 4.69) is 31.6 Å². The Labute approximate surface area is 351 Å². The number of aliphatic hydroxyl groups is 1. The highest BCUT2D eigenvalue weighted by Crippen LogP contribution is 2.21. The number of aromatic hydroxyl groups is 1. The van der Waals surface area contributed by atoms with Crippen molar-refractivity contribution in [3.8, 4) is 5.75 Å². The second-order valence-electron chi connectivity index (χ2n) is 14.3. The van der Waals surface area contributed by atoms with Gasteiger partial charge in [0, 0.05) is 25.9 Å². The summed E-state index contributed by atoms with van der Waals surface area (Å²) in [6.07, 6.45) is 0.119. The van der Waals surface area contributed by atoms with Crippen LogP contribution in [0.25, 0.3) is 0 Å². The number of nitrogens with two attached hydrogens (primary N) is 3. The molecule has 334 valence electrons. The van der Waals surface area contributed by atoms with Crippen molar-refractivity contribution in [3.63, 3.8) is 0 Å². The van der Waals surface area contributed by atoms with Crippen molar-refractivity contribution < 1.29 is 58.8 Å². The van der Waals surface area contributed by atoms with E-state index in [4.69, 9.17) is 17.2 Å². The third kappa shape index (κ3) is 16.9. The molecule has 15 N–H and O–H groups in total. The Morgan fingerprint density at radius 3 is 2.03 bits per heavy atom. The Kier molecular flexibility index (Phi) is 21.1. The number of nitrogens with one attached hydrogen (secondary N) is 5. The number of carboxylic acid groups (broad SMARTS) is 2. The van der Waals surface area contributed by atoms with E-state index in [0.717, 1.165) is 4.90 Å². The number of benzene rings is 1. The van der Waals surface area contributed by atoms with E-state index in [1.165, 1.54) is 49.9 Å². The zero-order valence-electron chi connectivity index (χ0n) is 33.8. The second-order valence-corrected chi connectivity index (χ2v) is 15.3. The van der Waals surface area contributed by atoms with E-state index < -0.39 is 109 Å². The zero-order valence-corrected chi connectivity index (χ0v) is 34.6. The highest BCUT2D eigenvalue weighted by atomic mass is 32.2. The van der Waals surface area contributed by atoms with Crippen molar-refractivity contribution >= 4 is 65.1 Å². The lowest BCUT2D eigenvalue weighted by atomic mass is 10.0. The van der Waals surface area contributed by atoms with Gasteiger partial charge in [-0.15, -0.1) is 0 Å². The standard InChI is InChI=1S/C37H58N10O12S/c1-19(36(58)59)42-31(53)25(14-17-60-3)43-32(54)24(12-13-28(50)51)44-34(56)27-7-5-16-47(27)35(57)29(20(2)48)46-33(55)26(18-21-8-10-22(49)11-9-21)45-30(52)23(38)6-4-15-41-37(39)40/h8-11,19-20,23-27,29,48-49H,4-7,12-18,38H2,1-3H3,(H,42,53)(H,43,54)(H,44,56)(H,45,52)(H,46,55)(H,50,51)(H,58,59)(H4,39,40,41)/t19-,20+,23-,24-,25-,26-,27-,29-/m0/s1. The molecule has 1 aliphatic rings. The topological polar surface area (TPSA) is 371 Å². The summed E-state index contributed by atoms with van der Waals surface area (Å²) in [5, 5.41) is 51.4. The molecule has 1 aromatic rings. The number of carbonyl (C=O) groups is 8. The van der Waals surface area contributed by atoms with E-state index in [1.807, 2.05) is 0 Å². The van der Waals surface area contributed by atoms with Crippen molar-refractivity contribution in [1.29, 1.82) is 0 Å². The minimum Gasteiger partial charge on any atom is -0.508 e. The molecule has 6 amide bonds. The van der Waals surface area contributed by atoms with Gasteiger partial charge in [-0.2, -0.15) is 11.8 Å². The van der Waals surface area contributed by atoms with Crippen LogP contribution in [0.5, 0.6) is 5.75 Å². The highest BCUT2D eigenvalue weighted by molar-refractivity contribution is 7.98. The van der Waals surface area contributed by atoms with Gasteiger partial charge in [-0.3, -0.25) is 43.3 Å². The minimum atomic E-state index is -1.63. The number of thioether (sulfide) groups is 1. The first-order chi connectivity index (χ1) is 28.2. The molecule has 23 heteroatoms. The van der Waals surface area contributed by atoms with Crippen molar-refractivity contribution in [1.82, 2.24) is 31.5 Å². The molecule has 1 aromatic carbocycles. The molecule has 60 heavy (non-hydrogen) atoms. The van der Waals surface area contributed by atoms with Crippen molar-refractivity contribution in [2.24, 2.45) is 22.2 Å². The Bertz CT molecular complexity index is 1690. The van der Waals surface area contributed by atoms with Crippen LogP contribution in [0.2, 0.25) is 0 Å². The minimum absolute atomic E-state index is 0.00304. The van der Waals surface area contributed by atoms with Gasteiger partial charge in [-0.05, 0) is 82.1 Å². The summed E-state index contributed by atoms with van der Waals surface area (Å²) in [4.78, 5) is 109. The van der Waals surface area contributed by atoms with Crippen LogP contribution in [0.4, 0.5) is 0 Å². The van der Waals surface area contributed by atoms with Crippen LogP contribution in [0.3, 0.4) is 0 Å². The highest BCUT2D eigenvalue weighted by Gasteiger charge is 2.41. The Morgan fingerprint density at radius 1 is 0.850 bits per heavy atom. The number of aliphatic hydroxyl groups excluding tert-OH is 1. The molecule has 0 bridgehead atoms. The molecule has 0 unspecified atom stereocenters. The second kappa shape index (κ2) is 25.1. The van der Waals surface area contributed by atoms with Gasteiger partial charge in [0.2, 0.25) is 35.4 Å². The van der Waals surface area contributed by atoms with Crippen molar-refractivity contribution in [3.05, 3.63) is 29.8 Å². The summed E-state index contributed by atoms with van der Waals surface area (Å²) >= 11 is 1.35. The monoisotopic (exact) mass is 866 g/mol. The maximum absolute atomic E-state index is 14.0. The fourth-order valence-corrected chi connectivity index (χ4v) is 6.56. The maximum atomic E-state index is 14.0. The molecule has 0 aromatic heterocycles. The molecule has 0 aliphatic carbocycles. The molecule has 0 saturated carbocycles. The van der Waals surface area contributed by atoms with E-state index in [9.17, 15) is 58.8 Å². The SMILES string of the molecule is CSCC[C@H](NC(=O)[C@H](CCC(=O)O)NC(=O)[C@@H]1CCCN1C(=O)[C@@H](NC(=O)[C@H](Cc1ccc(O)cc1)NC(=O)[C@@H](N)CCCN=C(N)N)[C@@H](C)O)C(=O)N[C@@H](C)C(=O)O. The molecular formula is C37H58N10O12S. The lowest BCUT2D eigenvalue weighted by molar-refractivity contribution is -0.144. The zero-order chi connectivity index (χ0) is 45.1. The van der Waals surface area contributed by atoms with Crippen LogP contribution in [0.1, 0.15) is 64.4 Å². The first-order valence-electron chi connectivity index (χ1n) is 19.3. The number of hydrogen-bond donors (Lipinski definition) is 12. The van der Waals surface area contributed by atoms with Gasteiger partial charge in [-0.1, -0.05) is 12.1 Å². The summed E-state index contributed by atoms with van der Waals surface area (Å²) < 4.78 is 0.